The Bertz CT molecular complexity index is 715. The average molecular weight is 285 g/mol. The molecule has 0 aliphatic rings. The number of fused-ring (bicyclic) bond motifs is 1. The van der Waals surface area contributed by atoms with E-state index in [2.05, 4.69) is 20.3 Å². The second-order valence-corrected chi connectivity index (χ2v) is 4.71. The number of pyridine rings is 1. The number of hydrogen-bond acceptors (Lipinski definition) is 4. The van der Waals surface area contributed by atoms with Gasteiger partial charge in [0, 0.05) is 24.9 Å². The van der Waals surface area contributed by atoms with Gasteiger partial charge in [0.25, 0.3) is 0 Å². The van der Waals surface area contributed by atoms with Crippen LogP contribution < -0.4 is 5.32 Å². The fourth-order valence-electron chi connectivity index (χ4n) is 1.95. The first-order chi connectivity index (χ1) is 9.83. The van der Waals surface area contributed by atoms with Crippen LogP contribution in [-0.4, -0.2) is 21.5 Å². The van der Waals surface area contributed by atoms with Crippen LogP contribution in [0.2, 0.25) is 5.15 Å². The van der Waals surface area contributed by atoms with Crippen LogP contribution in [0.3, 0.4) is 0 Å². The third-order valence-electron chi connectivity index (χ3n) is 2.93. The van der Waals surface area contributed by atoms with Gasteiger partial charge in [-0.3, -0.25) is 4.98 Å². The molecule has 0 fully saturated rings. The molecule has 100 valence electrons. The molecule has 0 aliphatic carbocycles. The summed E-state index contributed by atoms with van der Waals surface area (Å²) in [6, 6.07) is 13.5. The lowest BCUT2D eigenvalue weighted by atomic mass is 10.3. The van der Waals surface area contributed by atoms with Gasteiger partial charge >= 0.3 is 0 Å². The molecule has 3 rings (SSSR count). The summed E-state index contributed by atoms with van der Waals surface area (Å²) in [6.45, 7) is 0.712. The van der Waals surface area contributed by atoms with Crippen molar-refractivity contribution in [3.05, 3.63) is 59.5 Å². The van der Waals surface area contributed by atoms with E-state index in [4.69, 9.17) is 11.6 Å². The third-order valence-corrected chi connectivity index (χ3v) is 3.19. The van der Waals surface area contributed by atoms with Crippen molar-refractivity contribution >= 4 is 28.5 Å². The van der Waals surface area contributed by atoms with E-state index in [0.717, 1.165) is 23.1 Å². The van der Waals surface area contributed by atoms with Crippen molar-refractivity contribution < 1.29 is 0 Å². The lowest BCUT2D eigenvalue weighted by Gasteiger charge is -2.07. The first-order valence-corrected chi connectivity index (χ1v) is 6.77. The fourth-order valence-corrected chi connectivity index (χ4v) is 2.15. The van der Waals surface area contributed by atoms with Crippen molar-refractivity contribution in [1.29, 1.82) is 0 Å². The van der Waals surface area contributed by atoms with Crippen molar-refractivity contribution in [2.45, 2.75) is 6.42 Å². The zero-order valence-corrected chi connectivity index (χ0v) is 11.5. The number of nitrogens with zero attached hydrogens (tertiary/aromatic N) is 3. The second-order valence-electron chi connectivity index (χ2n) is 4.35. The summed E-state index contributed by atoms with van der Waals surface area (Å²) in [6.07, 6.45) is 2.60. The molecule has 0 saturated heterocycles. The van der Waals surface area contributed by atoms with Gasteiger partial charge < -0.3 is 5.32 Å². The Morgan fingerprint density at radius 1 is 0.950 bits per heavy atom. The molecule has 4 nitrogen and oxygen atoms in total. The van der Waals surface area contributed by atoms with Gasteiger partial charge in [0.1, 0.15) is 0 Å². The summed E-state index contributed by atoms with van der Waals surface area (Å²) in [5.74, 6) is 0.612. The summed E-state index contributed by atoms with van der Waals surface area (Å²) >= 11 is 6.13. The first-order valence-electron chi connectivity index (χ1n) is 6.39. The standard InChI is InChI=1S/C15H13ClN4/c16-14-15(18-10-8-11-5-3-4-9-17-11)20-13-7-2-1-6-12(13)19-14/h1-7,9H,8,10H2,(H,18,20). The Labute approximate surface area is 121 Å². The monoisotopic (exact) mass is 284 g/mol. The van der Waals surface area contributed by atoms with Crippen molar-refractivity contribution in [1.82, 2.24) is 15.0 Å². The van der Waals surface area contributed by atoms with Gasteiger partial charge in [-0.1, -0.05) is 29.8 Å². The molecule has 0 radical (unpaired) electrons. The summed E-state index contributed by atoms with van der Waals surface area (Å²) in [5, 5.41) is 3.60. The van der Waals surface area contributed by atoms with Crippen LogP contribution in [-0.2, 0) is 6.42 Å². The number of hydrogen-bond donors (Lipinski definition) is 1. The topological polar surface area (TPSA) is 50.7 Å². The van der Waals surface area contributed by atoms with E-state index >= 15 is 0 Å². The molecule has 0 atom stereocenters. The molecule has 0 unspecified atom stereocenters. The molecule has 3 aromatic rings. The van der Waals surface area contributed by atoms with Crippen LogP contribution in [0.25, 0.3) is 11.0 Å². The Hall–Kier alpha value is -2.20. The van der Waals surface area contributed by atoms with Crippen LogP contribution in [0, 0.1) is 0 Å². The van der Waals surface area contributed by atoms with Crippen LogP contribution in [0.5, 0.6) is 0 Å². The number of anilines is 1. The molecular formula is C15H13ClN4. The van der Waals surface area contributed by atoms with E-state index < -0.39 is 0 Å². The summed E-state index contributed by atoms with van der Waals surface area (Å²) < 4.78 is 0. The normalized spacial score (nSPS) is 10.7. The Balaban J connectivity index is 1.72. The van der Waals surface area contributed by atoms with Crippen LogP contribution in [0.1, 0.15) is 5.69 Å². The molecule has 0 amide bonds. The predicted molar refractivity (Wildman–Crippen MR) is 81.0 cm³/mol. The molecule has 20 heavy (non-hydrogen) atoms. The van der Waals surface area contributed by atoms with Crippen LogP contribution in [0.15, 0.2) is 48.7 Å². The van der Waals surface area contributed by atoms with E-state index in [1.54, 1.807) is 6.20 Å². The summed E-state index contributed by atoms with van der Waals surface area (Å²) in [5.41, 5.74) is 2.66. The molecule has 0 bridgehead atoms. The SMILES string of the molecule is Clc1nc2ccccc2nc1NCCc1ccccn1. The first kappa shape index (κ1) is 12.8. The number of benzene rings is 1. The van der Waals surface area contributed by atoms with Gasteiger partial charge in [0.2, 0.25) is 0 Å². The largest absolute Gasteiger partial charge is 0.367 e. The maximum absolute atomic E-state index is 6.13. The Kier molecular flexibility index (Phi) is 3.74. The van der Waals surface area contributed by atoms with Gasteiger partial charge in [-0.25, -0.2) is 9.97 Å². The molecule has 1 N–H and O–H groups in total. The van der Waals surface area contributed by atoms with E-state index in [-0.39, 0.29) is 0 Å². The minimum absolute atomic E-state index is 0.393. The van der Waals surface area contributed by atoms with Crippen LogP contribution in [0.4, 0.5) is 5.82 Å². The highest BCUT2D eigenvalue weighted by Crippen LogP contribution is 2.20. The lowest BCUT2D eigenvalue weighted by Crippen LogP contribution is -2.08. The molecule has 5 heteroatoms. The van der Waals surface area contributed by atoms with E-state index in [1.807, 2.05) is 42.5 Å². The number of halogens is 1. The lowest BCUT2D eigenvalue weighted by molar-refractivity contribution is 0.954. The van der Waals surface area contributed by atoms with Gasteiger partial charge in [-0.15, -0.1) is 0 Å². The molecule has 2 aromatic heterocycles. The number of para-hydroxylation sites is 2. The molecule has 0 spiro atoms. The second kappa shape index (κ2) is 5.84. The zero-order chi connectivity index (χ0) is 13.8. The highest BCUT2D eigenvalue weighted by Gasteiger charge is 2.05. The zero-order valence-electron chi connectivity index (χ0n) is 10.8. The van der Waals surface area contributed by atoms with Crippen molar-refractivity contribution in [2.24, 2.45) is 0 Å². The Morgan fingerprint density at radius 2 is 1.70 bits per heavy atom. The molecule has 2 heterocycles. The molecule has 1 aromatic carbocycles. The van der Waals surface area contributed by atoms with Gasteiger partial charge in [-0.05, 0) is 24.3 Å². The van der Waals surface area contributed by atoms with Gasteiger partial charge in [-0.2, -0.15) is 0 Å². The Morgan fingerprint density at radius 3 is 2.45 bits per heavy atom. The van der Waals surface area contributed by atoms with Crippen molar-refractivity contribution in [3.8, 4) is 0 Å². The van der Waals surface area contributed by atoms with E-state index in [0.29, 0.717) is 17.5 Å². The highest BCUT2D eigenvalue weighted by atomic mass is 35.5. The van der Waals surface area contributed by atoms with Crippen molar-refractivity contribution in [2.75, 3.05) is 11.9 Å². The minimum atomic E-state index is 0.393. The maximum atomic E-state index is 6.13. The quantitative estimate of drug-likeness (QED) is 0.798. The summed E-state index contributed by atoms with van der Waals surface area (Å²) in [4.78, 5) is 13.1. The maximum Gasteiger partial charge on any atom is 0.172 e. The van der Waals surface area contributed by atoms with Gasteiger partial charge in [0.05, 0.1) is 11.0 Å². The number of nitrogens with one attached hydrogen (secondary N) is 1. The number of aromatic nitrogens is 3. The minimum Gasteiger partial charge on any atom is -0.367 e. The predicted octanol–water partition coefficient (Wildman–Crippen LogP) is 3.33. The highest BCUT2D eigenvalue weighted by molar-refractivity contribution is 6.32. The molecular weight excluding hydrogens is 272 g/mol. The summed E-state index contributed by atoms with van der Waals surface area (Å²) in [7, 11) is 0. The van der Waals surface area contributed by atoms with Crippen LogP contribution >= 0.6 is 11.6 Å². The van der Waals surface area contributed by atoms with E-state index in [1.165, 1.54) is 0 Å². The molecule has 0 saturated carbocycles. The van der Waals surface area contributed by atoms with E-state index in [9.17, 15) is 0 Å². The number of rotatable bonds is 4. The van der Waals surface area contributed by atoms with Crippen molar-refractivity contribution in [3.63, 3.8) is 0 Å². The fraction of sp³-hybridized carbons (Fsp3) is 0.133. The van der Waals surface area contributed by atoms with Gasteiger partial charge in [0.15, 0.2) is 11.0 Å². The molecule has 0 aliphatic heterocycles. The average Bonchev–Trinajstić information content (AvgIpc) is 2.49. The smallest absolute Gasteiger partial charge is 0.172 e. The third kappa shape index (κ3) is 2.86.